The number of allylic oxidation sites excluding steroid dienone is 2. The lowest BCUT2D eigenvalue weighted by Gasteiger charge is -2.63. The van der Waals surface area contributed by atoms with Gasteiger partial charge in [-0.3, -0.25) is 0 Å². The summed E-state index contributed by atoms with van der Waals surface area (Å²) in [6, 6.07) is 0. The second kappa shape index (κ2) is 8.18. The molecule has 0 bridgehead atoms. The summed E-state index contributed by atoms with van der Waals surface area (Å²) < 4.78 is 0. The molecule has 0 radical (unpaired) electrons. The number of guanidine groups is 1. The molecule has 4 saturated carbocycles. The molecule has 8 atom stereocenters. The third kappa shape index (κ3) is 3.64. The van der Waals surface area contributed by atoms with Gasteiger partial charge < -0.3 is 20.8 Å². The van der Waals surface area contributed by atoms with Crippen molar-refractivity contribution in [2.75, 3.05) is 14.1 Å². The van der Waals surface area contributed by atoms with Crippen LogP contribution in [0.15, 0.2) is 22.4 Å². The van der Waals surface area contributed by atoms with E-state index in [0.29, 0.717) is 29.6 Å². The topological polar surface area (TPSA) is 94.4 Å². The van der Waals surface area contributed by atoms with Crippen molar-refractivity contribution in [1.29, 1.82) is 0 Å². The Morgan fingerprint density at radius 2 is 1.81 bits per heavy atom. The number of fused-ring (bicyclic) bond motifs is 5. The third-order valence-electron chi connectivity index (χ3n) is 10.0. The highest BCUT2D eigenvalue weighted by Gasteiger charge is 2.66. The van der Waals surface area contributed by atoms with Gasteiger partial charge in [0.2, 0.25) is 5.96 Å². The van der Waals surface area contributed by atoms with Gasteiger partial charge >= 0.3 is 0 Å². The molecule has 0 heterocycles. The molecular weight excluding hydrogens is 388 g/mol. The fourth-order valence-corrected chi connectivity index (χ4v) is 7.96. The zero-order valence-electron chi connectivity index (χ0n) is 19.8. The fraction of sp³-hybridized carbons (Fsp3) is 0.840. The maximum absolute atomic E-state index is 12.2. The van der Waals surface area contributed by atoms with E-state index in [-0.39, 0.29) is 16.9 Å². The van der Waals surface area contributed by atoms with E-state index in [0.717, 1.165) is 51.4 Å². The van der Waals surface area contributed by atoms with Crippen molar-refractivity contribution in [1.82, 2.24) is 4.90 Å². The zero-order chi connectivity index (χ0) is 22.4. The molecule has 0 aliphatic heterocycles. The molecule has 0 saturated heterocycles. The van der Waals surface area contributed by atoms with Crippen LogP contribution in [0.3, 0.4) is 0 Å². The van der Waals surface area contributed by atoms with Crippen LogP contribution in [-0.4, -0.2) is 53.1 Å². The fourth-order valence-electron chi connectivity index (χ4n) is 7.96. The predicted molar refractivity (Wildman–Crippen MR) is 126 cm³/mol. The summed E-state index contributed by atoms with van der Waals surface area (Å²) in [5.41, 5.74) is 5.38. The van der Waals surface area contributed by atoms with Crippen LogP contribution in [0, 0.1) is 34.5 Å². The Morgan fingerprint density at radius 1 is 1.03 bits per heavy atom. The SMILES string of the molecule is CN(C)\C(N)=N/N=C/C=C/[C@H]1CC[C@]2(O)[C@@H]3CC[C@@H]4C[C@@H](O)CC[C@]4(C)[C@H]3CC[C@]12C. The summed E-state index contributed by atoms with van der Waals surface area (Å²) in [5, 5.41) is 30.4. The van der Waals surface area contributed by atoms with Gasteiger partial charge in [-0.1, -0.05) is 19.9 Å². The van der Waals surface area contributed by atoms with Crippen LogP contribution in [0.25, 0.3) is 0 Å². The average Bonchev–Trinajstić information content (AvgIpc) is 2.99. The Kier molecular flexibility index (Phi) is 6.01. The number of hydrogen-bond donors (Lipinski definition) is 3. The first kappa shape index (κ1) is 22.8. The summed E-state index contributed by atoms with van der Waals surface area (Å²) in [4.78, 5) is 1.72. The number of rotatable bonds is 3. The van der Waals surface area contributed by atoms with Gasteiger partial charge in [0.1, 0.15) is 0 Å². The molecular formula is C25H42N4O2. The van der Waals surface area contributed by atoms with Crippen LogP contribution in [0.4, 0.5) is 0 Å². The lowest BCUT2D eigenvalue weighted by molar-refractivity contribution is -0.207. The second-order valence-corrected chi connectivity index (χ2v) is 11.4. The quantitative estimate of drug-likeness (QED) is 0.363. The first-order valence-corrected chi connectivity index (χ1v) is 12.2. The van der Waals surface area contributed by atoms with E-state index in [1.165, 1.54) is 6.42 Å². The molecule has 0 aromatic heterocycles. The van der Waals surface area contributed by atoms with Gasteiger partial charge in [0.05, 0.1) is 11.7 Å². The Hall–Kier alpha value is -1.40. The minimum absolute atomic E-state index is 0.0815. The van der Waals surface area contributed by atoms with Crippen molar-refractivity contribution >= 4 is 12.2 Å². The molecule has 0 spiro atoms. The summed E-state index contributed by atoms with van der Waals surface area (Å²) in [5.74, 6) is 2.33. The van der Waals surface area contributed by atoms with Gasteiger partial charge in [-0.15, -0.1) is 5.10 Å². The van der Waals surface area contributed by atoms with Gasteiger partial charge in [0.25, 0.3) is 0 Å². The van der Waals surface area contributed by atoms with E-state index in [4.69, 9.17) is 5.73 Å². The molecule has 6 nitrogen and oxygen atoms in total. The van der Waals surface area contributed by atoms with E-state index in [1.54, 1.807) is 11.1 Å². The zero-order valence-corrected chi connectivity index (χ0v) is 19.8. The molecule has 4 aliphatic rings. The number of aliphatic hydroxyl groups excluding tert-OH is 1. The van der Waals surface area contributed by atoms with E-state index < -0.39 is 5.60 Å². The lowest BCUT2D eigenvalue weighted by atomic mass is 9.43. The Labute approximate surface area is 187 Å². The van der Waals surface area contributed by atoms with Crippen molar-refractivity contribution in [2.24, 2.45) is 50.4 Å². The van der Waals surface area contributed by atoms with Crippen molar-refractivity contribution in [3.05, 3.63) is 12.2 Å². The maximum Gasteiger partial charge on any atom is 0.215 e. The van der Waals surface area contributed by atoms with E-state index in [9.17, 15) is 10.2 Å². The number of nitrogens with two attached hydrogens (primary N) is 1. The molecule has 31 heavy (non-hydrogen) atoms. The number of nitrogens with zero attached hydrogens (tertiary/aromatic N) is 3. The largest absolute Gasteiger partial charge is 0.393 e. The smallest absolute Gasteiger partial charge is 0.215 e. The van der Waals surface area contributed by atoms with E-state index >= 15 is 0 Å². The van der Waals surface area contributed by atoms with Crippen molar-refractivity contribution in [3.8, 4) is 0 Å². The van der Waals surface area contributed by atoms with Gasteiger partial charge in [-0.05, 0) is 93.0 Å². The summed E-state index contributed by atoms with van der Waals surface area (Å²) in [7, 11) is 3.67. The Balaban J connectivity index is 1.50. The Bertz CT molecular complexity index is 765. The number of hydrogen-bond acceptors (Lipinski definition) is 4. The van der Waals surface area contributed by atoms with Crippen LogP contribution in [0.1, 0.15) is 71.6 Å². The van der Waals surface area contributed by atoms with E-state index in [1.807, 2.05) is 20.2 Å². The molecule has 174 valence electrons. The van der Waals surface area contributed by atoms with Gasteiger partial charge in [-0.25, -0.2) is 0 Å². The van der Waals surface area contributed by atoms with Crippen LogP contribution in [-0.2, 0) is 0 Å². The van der Waals surface area contributed by atoms with Crippen molar-refractivity contribution in [2.45, 2.75) is 83.3 Å². The monoisotopic (exact) mass is 430 g/mol. The standard InChI is InChI=1S/C25H42N4O2/c1-23-12-10-19(30)16-18(23)7-8-21-20(23)11-13-24(2)17(9-14-25(21,24)31)6-5-15-27-28-22(26)29(3)4/h5-6,15,17-21,30-31H,7-14,16H2,1-4H3,(H2,26,28)/b6-5+,27-15+/t17-,18+,19-,20-,21+,23-,24+,25-/m0/s1. The first-order valence-electron chi connectivity index (χ1n) is 12.2. The molecule has 0 unspecified atom stereocenters. The Morgan fingerprint density at radius 3 is 2.55 bits per heavy atom. The van der Waals surface area contributed by atoms with Crippen LogP contribution in [0.5, 0.6) is 0 Å². The molecule has 4 aliphatic carbocycles. The molecule has 4 rings (SSSR count). The van der Waals surface area contributed by atoms with Gasteiger partial charge in [0.15, 0.2) is 0 Å². The lowest BCUT2D eigenvalue weighted by Crippen LogP contribution is -2.62. The summed E-state index contributed by atoms with van der Waals surface area (Å²) >= 11 is 0. The maximum atomic E-state index is 12.2. The molecule has 6 heteroatoms. The highest BCUT2D eigenvalue weighted by atomic mass is 16.3. The van der Waals surface area contributed by atoms with Crippen LogP contribution < -0.4 is 5.73 Å². The molecule has 4 N–H and O–H groups in total. The van der Waals surface area contributed by atoms with Gasteiger partial charge in [0, 0.05) is 25.7 Å². The second-order valence-electron chi connectivity index (χ2n) is 11.4. The minimum Gasteiger partial charge on any atom is -0.393 e. The molecule has 0 aromatic carbocycles. The first-order chi connectivity index (χ1) is 14.6. The van der Waals surface area contributed by atoms with Crippen LogP contribution >= 0.6 is 0 Å². The summed E-state index contributed by atoms with van der Waals surface area (Å²) in [6.45, 7) is 4.79. The highest BCUT2D eigenvalue weighted by Crippen LogP contribution is 2.69. The number of aliphatic hydroxyl groups is 2. The average molecular weight is 431 g/mol. The normalized spacial score (nSPS) is 47.9. The van der Waals surface area contributed by atoms with E-state index in [2.05, 4.69) is 30.1 Å². The highest BCUT2D eigenvalue weighted by molar-refractivity contribution is 5.78. The van der Waals surface area contributed by atoms with Crippen molar-refractivity contribution < 1.29 is 10.2 Å². The van der Waals surface area contributed by atoms with Gasteiger partial charge in [-0.2, -0.15) is 5.10 Å². The minimum atomic E-state index is -0.584. The molecule has 4 fully saturated rings. The van der Waals surface area contributed by atoms with Crippen molar-refractivity contribution in [3.63, 3.8) is 0 Å². The summed E-state index contributed by atoms with van der Waals surface area (Å²) in [6.07, 6.45) is 15.3. The predicted octanol–water partition coefficient (Wildman–Crippen LogP) is 3.54. The third-order valence-corrected chi connectivity index (χ3v) is 10.0. The van der Waals surface area contributed by atoms with Crippen LogP contribution in [0.2, 0.25) is 0 Å². The molecule has 0 aromatic rings. The molecule has 0 amide bonds.